The fraction of sp³-hybridized carbons (Fsp3) is 0.250. The summed E-state index contributed by atoms with van der Waals surface area (Å²) in [5.41, 5.74) is 6.53. The van der Waals surface area contributed by atoms with Crippen molar-refractivity contribution in [2.24, 2.45) is 0 Å². The summed E-state index contributed by atoms with van der Waals surface area (Å²) < 4.78 is 0. The maximum absolute atomic E-state index is 5.93. The van der Waals surface area contributed by atoms with Crippen molar-refractivity contribution in [1.29, 1.82) is 0 Å². The van der Waals surface area contributed by atoms with Gasteiger partial charge in [-0.25, -0.2) is 4.98 Å². The fourth-order valence-corrected chi connectivity index (χ4v) is 2.64. The van der Waals surface area contributed by atoms with E-state index in [4.69, 9.17) is 17.3 Å². The Balaban J connectivity index is 2.28. The molecule has 0 saturated heterocycles. The summed E-state index contributed by atoms with van der Waals surface area (Å²) in [6.07, 6.45) is 1.62. The van der Waals surface area contributed by atoms with Gasteiger partial charge >= 0.3 is 0 Å². The van der Waals surface area contributed by atoms with Crippen LogP contribution >= 0.6 is 22.9 Å². The van der Waals surface area contributed by atoms with Gasteiger partial charge in [-0.2, -0.15) is 0 Å². The molecular weight excluding hydrogens is 254 g/mol. The lowest BCUT2D eigenvalue weighted by Gasteiger charge is -2.26. The summed E-state index contributed by atoms with van der Waals surface area (Å²) in [7, 11) is 1.98. The van der Waals surface area contributed by atoms with Crippen molar-refractivity contribution in [2.45, 2.75) is 13.0 Å². The average molecular weight is 268 g/mol. The summed E-state index contributed by atoms with van der Waals surface area (Å²) >= 11 is 7.57. The number of nitrogens with two attached hydrogens (primary N) is 1. The van der Waals surface area contributed by atoms with Gasteiger partial charge in [0.05, 0.1) is 16.8 Å². The van der Waals surface area contributed by atoms with Crippen LogP contribution in [-0.4, -0.2) is 12.0 Å². The Morgan fingerprint density at radius 2 is 2.29 bits per heavy atom. The maximum Gasteiger partial charge on any atom is 0.152 e. The first-order valence-corrected chi connectivity index (χ1v) is 6.52. The third kappa shape index (κ3) is 2.53. The Bertz CT molecular complexity index is 498. The molecule has 0 radical (unpaired) electrons. The average Bonchev–Trinajstić information content (AvgIpc) is 2.80. The zero-order chi connectivity index (χ0) is 12.4. The summed E-state index contributed by atoms with van der Waals surface area (Å²) in [5.74, 6) is 0.760. The molecule has 0 saturated carbocycles. The molecule has 0 aliphatic heterocycles. The molecule has 90 valence electrons. The predicted octanol–water partition coefficient (Wildman–Crippen LogP) is 3.58. The Labute approximate surface area is 110 Å². The topological polar surface area (TPSA) is 42.2 Å². The lowest BCUT2D eigenvalue weighted by molar-refractivity contribution is 0.743. The minimum atomic E-state index is 0.242. The highest BCUT2D eigenvalue weighted by Crippen LogP contribution is 2.30. The quantitative estimate of drug-likeness (QED) is 0.924. The molecule has 5 heteroatoms. The molecule has 0 spiro atoms. The molecule has 2 N–H and O–H groups in total. The molecule has 0 bridgehead atoms. The van der Waals surface area contributed by atoms with E-state index in [0.717, 1.165) is 5.82 Å². The molecule has 0 aromatic carbocycles. The van der Waals surface area contributed by atoms with Crippen molar-refractivity contribution in [2.75, 3.05) is 17.7 Å². The van der Waals surface area contributed by atoms with Gasteiger partial charge in [-0.05, 0) is 24.4 Å². The number of thiophene rings is 1. The lowest BCUT2D eigenvalue weighted by atomic mass is 10.2. The zero-order valence-electron chi connectivity index (χ0n) is 9.72. The van der Waals surface area contributed by atoms with Crippen LogP contribution in [0.25, 0.3) is 0 Å². The molecule has 0 aliphatic carbocycles. The Kier molecular flexibility index (Phi) is 3.54. The normalized spacial score (nSPS) is 12.4. The Morgan fingerprint density at radius 1 is 1.53 bits per heavy atom. The minimum Gasteiger partial charge on any atom is -0.396 e. The van der Waals surface area contributed by atoms with E-state index in [9.17, 15) is 0 Å². The Morgan fingerprint density at radius 3 is 2.88 bits per heavy atom. The van der Waals surface area contributed by atoms with Crippen LogP contribution in [0.3, 0.4) is 0 Å². The molecule has 0 fully saturated rings. The number of hydrogen-bond donors (Lipinski definition) is 1. The number of anilines is 2. The summed E-state index contributed by atoms with van der Waals surface area (Å²) in [6, 6.07) is 6.12. The number of hydrogen-bond acceptors (Lipinski definition) is 4. The largest absolute Gasteiger partial charge is 0.396 e. The van der Waals surface area contributed by atoms with Crippen molar-refractivity contribution in [1.82, 2.24) is 4.98 Å². The zero-order valence-corrected chi connectivity index (χ0v) is 11.3. The van der Waals surface area contributed by atoms with Gasteiger partial charge in [0.15, 0.2) is 5.82 Å². The second-order valence-corrected chi connectivity index (χ2v) is 5.28. The second-order valence-electron chi connectivity index (χ2n) is 3.87. The van der Waals surface area contributed by atoms with Crippen molar-refractivity contribution in [3.63, 3.8) is 0 Å². The smallest absolute Gasteiger partial charge is 0.152 e. The molecule has 1 atom stereocenters. The van der Waals surface area contributed by atoms with Crippen LogP contribution in [0.2, 0.25) is 5.02 Å². The highest BCUT2D eigenvalue weighted by Gasteiger charge is 2.16. The van der Waals surface area contributed by atoms with E-state index in [1.165, 1.54) is 4.88 Å². The van der Waals surface area contributed by atoms with Crippen LogP contribution in [-0.2, 0) is 0 Å². The van der Waals surface area contributed by atoms with Gasteiger partial charge < -0.3 is 10.6 Å². The molecule has 0 aliphatic rings. The number of nitrogen functional groups attached to an aromatic ring is 1. The second kappa shape index (κ2) is 4.94. The predicted molar refractivity (Wildman–Crippen MR) is 74.8 cm³/mol. The first-order chi connectivity index (χ1) is 8.09. The summed E-state index contributed by atoms with van der Waals surface area (Å²) in [6.45, 7) is 2.13. The van der Waals surface area contributed by atoms with Crippen molar-refractivity contribution >= 4 is 34.4 Å². The highest BCUT2D eigenvalue weighted by atomic mass is 35.5. The van der Waals surface area contributed by atoms with E-state index >= 15 is 0 Å². The molecule has 0 amide bonds. The Hall–Kier alpha value is -1.26. The molecule has 2 rings (SSSR count). The third-order valence-corrected chi connectivity index (χ3v) is 3.98. The molecule has 2 heterocycles. The number of aromatic nitrogens is 1. The van der Waals surface area contributed by atoms with Crippen LogP contribution in [0.15, 0.2) is 29.8 Å². The monoisotopic (exact) mass is 267 g/mol. The van der Waals surface area contributed by atoms with Crippen molar-refractivity contribution < 1.29 is 0 Å². The van der Waals surface area contributed by atoms with Crippen LogP contribution in [0.5, 0.6) is 0 Å². The number of rotatable bonds is 3. The minimum absolute atomic E-state index is 0.242. The fourth-order valence-electron chi connectivity index (χ4n) is 1.65. The van der Waals surface area contributed by atoms with E-state index < -0.39 is 0 Å². The summed E-state index contributed by atoms with van der Waals surface area (Å²) in [5, 5.41) is 2.63. The van der Waals surface area contributed by atoms with E-state index in [-0.39, 0.29) is 6.04 Å². The van der Waals surface area contributed by atoms with Gasteiger partial charge in [-0.3, -0.25) is 0 Å². The van der Waals surface area contributed by atoms with Gasteiger partial charge in [0.25, 0.3) is 0 Å². The summed E-state index contributed by atoms with van der Waals surface area (Å²) in [4.78, 5) is 7.62. The number of nitrogens with zero attached hydrogens (tertiary/aromatic N) is 2. The molecule has 17 heavy (non-hydrogen) atoms. The van der Waals surface area contributed by atoms with Crippen LogP contribution in [0.4, 0.5) is 11.5 Å². The van der Waals surface area contributed by atoms with Crippen LogP contribution < -0.4 is 10.6 Å². The first-order valence-electron chi connectivity index (χ1n) is 5.27. The molecule has 3 nitrogen and oxygen atoms in total. The molecule has 2 aromatic rings. The van der Waals surface area contributed by atoms with Gasteiger partial charge in [0.2, 0.25) is 0 Å². The maximum atomic E-state index is 5.93. The van der Waals surface area contributed by atoms with Gasteiger partial charge in [0.1, 0.15) is 0 Å². The van der Waals surface area contributed by atoms with Crippen molar-refractivity contribution in [3.05, 3.63) is 39.7 Å². The van der Waals surface area contributed by atoms with Gasteiger partial charge in [0, 0.05) is 18.1 Å². The van der Waals surface area contributed by atoms with Gasteiger partial charge in [-0.15, -0.1) is 11.3 Å². The van der Waals surface area contributed by atoms with E-state index in [1.54, 1.807) is 23.6 Å². The standard InChI is InChI=1S/C12H14ClN3S/c1-8(11-4-3-5-17-11)16(2)12-10(14)6-9(13)7-15-12/h3-8H,14H2,1-2H3. The first kappa shape index (κ1) is 12.2. The molecule has 2 aromatic heterocycles. The van der Waals surface area contributed by atoms with Crippen LogP contribution in [0.1, 0.15) is 17.8 Å². The van der Waals surface area contributed by atoms with E-state index in [1.807, 2.05) is 13.1 Å². The van der Waals surface area contributed by atoms with Crippen LogP contribution in [0, 0.1) is 0 Å². The lowest BCUT2D eigenvalue weighted by Crippen LogP contribution is -2.23. The number of pyridine rings is 1. The van der Waals surface area contributed by atoms with E-state index in [2.05, 4.69) is 28.3 Å². The molecule has 1 unspecified atom stereocenters. The van der Waals surface area contributed by atoms with Crippen molar-refractivity contribution in [3.8, 4) is 0 Å². The third-order valence-electron chi connectivity index (χ3n) is 2.73. The molecular formula is C12H14ClN3S. The highest BCUT2D eigenvalue weighted by molar-refractivity contribution is 7.10. The SMILES string of the molecule is CC(c1cccs1)N(C)c1ncc(Cl)cc1N. The van der Waals surface area contributed by atoms with E-state index in [0.29, 0.717) is 10.7 Å². The number of halogens is 1. The van der Waals surface area contributed by atoms with Gasteiger partial charge in [-0.1, -0.05) is 17.7 Å².